The van der Waals surface area contributed by atoms with Crippen LogP contribution in [0.25, 0.3) is 6.08 Å². The van der Waals surface area contributed by atoms with Gasteiger partial charge in [-0.2, -0.15) is 0 Å². The first kappa shape index (κ1) is 21.1. The van der Waals surface area contributed by atoms with Crippen LogP contribution in [0.4, 0.5) is 0 Å². The van der Waals surface area contributed by atoms with Gasteiger partial charge in [-0.15, -0.1) is 0 Å². The lowest BCUT2D eigenvalue weighted by atomic mass is 10.1. The molecule has 2 aromatic carbocycles. The molecule has 3 rings (SSSR count). The third kappa shape index (κ3) is 4.68. The molecule has 0 bridgehead atoms. The second-order valence-corrected chi connectivity index (χ2v) is 6.58. The summed E-state index contributed by atoms with van der Waals surface area (Å²) in [5, 5.41) is 0. The molecule has 7 heteroatoms. The molecule has 1 aliphatic heterocycles. The molecule has 7 nitrogen and oxygen atoms in total. The van der Waals surface area contributed by atoms with E-state index >= 15 is 0 Å². The fraction of sp³-hybridized carbons (Fsp3) is 0.261. The Morgan fingerprint density at radius 3 is 2.37 bits per heavy atom. The van der Waals surface area contributed by atoms with Crippen molar-refractivity contribution in [3.05, 3.63) is 65.2 Å². The molecule has 0 spiro atoms. The Labute approximate surface area is 174 Å². The van der Waals surface area contributed by atoms with Crippen molar-refractivity contribution in [1.29, 1.82) is 0 Å². The SMILES string of the molecule is C/C=C\c1ccc(OCC(=O)OCCCN2C(=O)c3ccccc3C2=O)c(OC)c1. The number of amides is 2. The maximum absolute atomic E-state index is 12.3. The number of ether oxygens (including phenoxy) is 3. The van der Waals surface area contributed by atoms with Crippen molar-refractivity contribution in [2.45, 2.75) is 13.3 Å². The minimum Gasteiger partial charge on any atom is -0.493 e. The van der Waals surface area contributed by atoms with Gasteiger partial charge < -0.3 is 14.2 Å². The Morgan fingerprint density at radius 1 is 1.03 bits per heavy atom. The summed E-state index contributed by atoms with van der Waals surface area (Å²) in [5.41, 5.74) is 1.77. The summed E-state index contributed by atoms with van der Waals surface area (Å²) < 4.78 is 15.9. The predicted molar refractivity (Wildman–Crippen MR) is 111 cm³/mol. The maximum Gasteiger partial charge on any atom is 0.344 e. The summed E-state index contributed by atoms with van der Waals surface area (Å²) in [7, 11) is 1.53. The first-order chi connectivity index (χ1) is 14.5. The van der Waals surface area contributed by atoms with E-state index in [0.717, 1.165) is 5.56 Å². The molecule has 0 atom stereocenters. The van der Waals surface area contributed by atoms with Gasteiger partial charge >= 0.3 is 5.97 Å². The number of fused-ring (bicyclic) bond motifs is 1. The molecule has 0 saturated heterocycles. The number of rotatable bonds is 9. The number of carbonyl (C=O) groups is 3. The lowest BCUT2D eigenvalue weighted by molar-refractivity contribution is -0.146. The van der Waals surface area contributed by atoms with Crippen molar-refractivity contribution in [3.63, 3.8) is 0 Å². The van der Waals surface area contributed by atoms with Crippen LogP contribution < -0.4 is 9.47 Å². The number of carbonyl (C=O) groups excluding carboxylic acids is 3. The van der Waals surface area contributed by atoms with Crippen LogP contribution in [0, 0.1) is 0 Å². The summed E-state index contributed by atoms with van der Waals surface area (Å²) in [4.78, 5) is 37.7. The highest BCUT2D eigenvalue weighted by Crippen LogP contribution is 2.28. The summed E-state index contributed by atoms with van der Waals surface area (Å²) in [6, 6.07) is 12.1. The zero-order valence-electron chi connectivity index (χ0n) is 16.9. The molecule has 1 aliphatic rings. The normalized spacial score (nSPS) is 12.9. The van der Waals surface area contributed by atoms with Crippen molar-refractivity contribution in [2.24, 2.45) is 0 Å². The predicted octanol–water partition coefficient (Wildman–Crippen LogP) is 3.34. The van der Waals surface area contributed by atoms with Gasteiger partial charge in [-0.25, -0.2) is 4.79 Å². The van der Waals surface area contributed by atoms with Gasteiger partial charge in [0, 0.05) is 6.54 Å². The van der Waals surface area contributed by atoms with Crippen LogP contribution in [-0.4, -0.2) is 49.6 Å². The number of methoxy groups -OCH3 is 1. The molecule has 0 N–H and O–H groups in total. The first-order valence-corrected chi connectivity index (χ1v) is 9.59. The molecule has 2 aromatic rings. The van der Waals surface area contributed by atoms with Crippen molar-refractivity contribution >= 4 is 23.9 Å². The van der Waals surface area contributed by atoms with Crippen molar-refractivity contribution in [1.82, 2.24) is 4.90 Å². The van der Waals surface area contributed by atoms with E-state index in [1.807, 2.05) is 31.2 Å². The van der Waals surface area contributed by atoms with E-state index in [-0.39, 0.29) is 31.6 Å². The zero-order valence-corrected chi connectivity index (χ0v) is 16.9. The van der Waals surface area contributed by atoms with Gasteiger partial charge in [-0.1, -0.05) is 30.4 Å². The van der Waals surface area contributed by atoms with E-state index in [1.165, 1.54) is 12.0 Å². The molecule has 1 heterocycles. The van der Waals surface area contributed by atoms with Gasteiger partial charge in [-0.3, -0.25) is 14.5 Å². The van der Waals surface area contributed by atoms with E-state index in [2.05, 4.69) is 0 Å². The molecule has 156 valence electrons. The summed E-state index contributed by atoms with van der Waals surface area (Å²) in [6.07, 6.45) is 4.18. The lowest BCUT2D eigenvalue weighted by Crippen LogP contribution is -2.31. The molecule has 2 amide bonds. The van der Waals surface area contributed by atoms with Crippen LogP contribution in [0.1, 0.15) is 39.6 Å². The van der Waals surface area contributed by atoms with Gasteiger partial charge in [0.05, 0.1) is 24.8 Å². The molecule has 0 saturated carbocycles. The summed E-state index contributed by atoms with van der Waals surface area (Å²) >= 11 is 0. The number of imide groups is 1. The van der Waals surface area contributed by atoms with E-state index in [1.54, 1.807) is 30.3 Å². The largest absolute Gasteiger partial charge is 0.493 e. The molecule has 30 heavy (non-hydrogen) atoms. The quantitative estimate of drug-likeness (QED) is 0.359. The van der Waals surface area contributed by atoms with Crippen molar-refractivity contribution < 1.29 is 28.6 Å². The molecule has 0 radical (unpaired) electrons. The maximum atomic E-state index is 12.3. The lowest BCUT2D eigenvalue weighted by Gasteiger charge is -2.14. The number of esters is 1. The smallest absolute Gasteiger partial charge is 0.344 e. The Balaban J connectivity index is 1.43. The van der Waals surface area contributed by atoms with E-state index < -0.39 is 5.97 Å². The third-order valence-corrected chi connectivity index (χ3v) is 4.56. The number of benzene rings is 2. The average molecular weight is 409 g/mol. The van der Waals surface area contributed by atoms with Gasteiger partial charge in [0.1, 0.15) is 0 Å². The van der Waals surface area contributed by atoms with Crippen molar-refractivity contribution in [2.75, 3.05) is 26.9 Å². The minimum atomic E-state index is -0.544. The van der Waals surface area contributed by atoms with Crippen LogP contribution in [0.15, 0.2) is 48.5 Å². The second-order valence-electron chi connectivity index (χ2n) is 6.58. The monoisotopic (exact) mass is 409 g/mol. The Hall–Kier alpha value is -3.61. The number of hydrogen-bond donors (Lipinski definition) is 0. The first-order valence-electron chi connectivity index (χ1n) is 9.59. The topological polar surface area (TPSA) is 82.1 Å². The highest BCUT2D eigenvalue weighted by molar-refractivity contribution is 6.21. The summed E-state index contributed by atoms with van der Waals surface area (Å²) in [5.74, 6) is -0.230. The number of nitrogens with zero attached hydrogens (tertiary/aromatic N) is 1. The van der Waals surface area contributed by atoms with Gasteiger partial charge in [-0.05, 0) is 43.2 Å². The number of allylic oxidation sites excluding steroid dienone is 1. The van der Waals surface area contributed by atoms with Crippen LogP contribution in [-0.2, 0) is 9.53 Å². The van der Waals surface area contributed by atoms with Gasteiger partial charge in [0.15, 0.2) is 18.1 Å². The molecule has 0 unspecified atom stereocenters. The van der Waals surface area contributed by atoms with Crippen LogP contribution in [0.2, 0.25) is 0 Å². The Bertz CT molecular complexity index is 946. The van der Waals surface area contributed by atoms with Gasteiger partial charge in [0.25, 0.3) is 11.8 Å². The van der Waals surface area contributed by atoms with E-state index in [9.17, 15) is 14.4 Å². The standard InChI is InChI=1S/C23H23NO6/c1-3-7-16-10-11-19(20(14-16)28-2)30-15-21(25)29-13-6-12-24-22(26)17-8-4-5-9-18(17)23(24)27/h3-5,7-11,14H,6,12-13,15H2,1-2H3/b7-3-. The van der Waals surface area contributed by atoms with Gasteiger partial charge in [0.2, 0.25) is 0 Å². The summed E-state index contributed by atoms with van der Waals surface area (Å²) in [6.45, 7) is 1.90. The van der Waals surface area contributed by atoms with Crippen LogP contribution >= 0.6 is 0 Å². The van der Waals surface area contributed by atoms with E-state index in [4.69, 9.17) is 14.2 Å². The highest BCUT2D eigenvalue weighted by Gasteiger charge is 2.34. The zero-order chi connectivity index (χ0) is 21.5. The average Bonchev–Trinajstić information content (AvgIpc) is 3.00. The fourth-order valence-electron chi connectivity index (χ4n) is 3.13. The number of hydrogen-bond acceptors (Lipinski definition) is 6. The fourth-order valence-corrected chi connectivity index (χ4v) is 3.13. The molecule has 0 aromatic heterocycles. The second kappa shape index (κ2) is 9.73. The Kier molecular flexibility index (Phi) is 6.85. The van der Waals surface area contributed by atoms with Crippen molar-refractivity contribution in [3.8, 4) is 11.5 Å². The highest BCUT2D eigenvalue weighted by atomic mass is 16.6. The van der Waals surface area contributed by atoms with E-state index in [0.29, 0.717) is 29.0 Å². The van der Waals surface area contributed by atoms with Crippen LogP contribution in [0.5, 0.6) is 11.5 Å². The molecular weight excluding hydrogens is 386 g/mol. The Morgan fingerprint density at radius 2 is 1.73 bits per heavy atom. The minimum absolute atomic E-state index is 0.0764. The molecular formula is C23H23NO6. The van der Waals surface area contributed by atoms with Crippen LogP contribution in [0.3, 0.4) is 0 Å². The molecule has 0 aliphatic carbocycles. The molecule has 0 fully saturated rings. The third-order valence-electron chi connectivity index (χ3n) is 4.56.